The van der Waals surface area contributed by atoms with Crippen molar-refractivity contribution in [1.29, 1.82) is 0 Å². The first-order valence-corrected chi connectivity index (χ1v) is 4.53. The van der Waals surface area contributed by atoms with Crippen molar-refractivity contribution in [2.75, 3.05) is 18.5 Å². The van der Waals surface area contributed by atoms with Crippen LogP contribution in [-0.2, 0) is 5.88 Å². The molecule has 0 atom stereocenters. The summed E-state index contributed by atoms with van der Waals surface area (Å²) in [5.41, 5.74) is 0.787. The molecule has 1 rings (SSSR count). The van der Waals surface area contributed by atoms with Crippen molar-refractivity contribution in [3.63, 3.8) is 0 Å². The minimum absolute atomic E-state index is 0.406. The van der Waals surface area contributed by atoms with Gasteiger partial charge in [-0.1, -0.05) is 6.92 Å². The number of hydrogen-bond donors (Lipinski definition) is 0. The molecule has 1 aromatic rings. The first-order chi connectivity index (χ1) is 5.77. The highest BCUT2D eigenvalue weighted by Crippen LogP contribution is 2.13. The summed E-state index contributed by atoms with van der Waals surface area (Å²) in [6, 6.07) is 0.646. The molecule has 0 radical (unpaired) electrons. The lowest BCUT2D eigenvalue weighted by molar-refractivity contribution is 0.544. The van der Waals surface area contributed by atoms with Crippen LogP contribution in [-0.4, -0.2) is 18.6 Å². The molecule has 0 bridgehead atoms. The van der Waals surface area contributed by atoms with Gasteiger partial charge in [0.25, 0.3) is 6.01 Å². The average molecular weight is 189 g/mol. The van der Waals surface area contributed by atoms with Crippen molar-refractivity contribution < 1.29 is 4.42 Å². The second kappa shape index (κ2) is 4.36. The summed E-state index contributed by atoms with van der Waals surface area (Å²) in [4.78, 5) is 6.14. The van der Waals surface area contributed by atoms with Gasteiger partial charge in [-0.25, -0.2) is 0 Å². The molecule has 0 aliphatic rings. The molecule has 1 heterocycles. The Morgan fingerprint density at radius 2 is 2.42 bits per heavy atom. The van der Waals surface area contributed by atoms with Crippen LogP contribution in [0, 0.1) is 0 Å². The maximum Gasteiger partial charge on any atom is 0.297 e. The van der Waals surface area contributed by atoms with Crippen LogP contribution in [0.25, 0.3) is 0 Å². The number of anilines is 1. The maximum absolute atomic E-state index is 5.58. The highest BCUT2D eigenvalue weighted by molar-refractivity contribution is 6.16. The number of alkyl halides is 1. The highest BCUT2D eigenvalue weighted by Gasteiger charge is 2.06. The van der Waals surface area contributed by atoms with Crippen molar-refractivity contribution in [2.45, 2.75) is 19.2 Å². The van der Waals surface area contributed by atoms with Crippen LogP contribution >= 0.6 is 11.6 Å². The summed E-state index contributed by atoms with van der Waals surface area (Å²) in [6.07, 6.45) is 2.67. The van der Waals surface area contributed by atoms with E-state index in [-0.39, 0.29) is 0 Å². The van der Waals surface area contributed by atoms with Gasteiger partial charge >= 0.3 is 0 Å². The second-order valence-corrected chi connectivity index (χ2v) is 2.94. The van der Waals surface area contributed by atoms with Gasteiger partial charge in [0.15, 0.2) is 0 Å². The summed E-state index contributed by atoms with van der Waals surface area (Å²) in [5.74, 6) is 0.406. The largest absolute Gasteiger partial charge is 0.432 e. The number of rotatable bonds is 4. The number of halogens is 1. The summed E-state index contributed by atoms with van der Waals surface area (Å²) >= 11 is 5.58. The van der Waals surface area contributed by atoms with Gasteiger partial charge in [0.05, 0.1) is 11.6 Å². The smallest absolute Gasteiger partial charge is 0.297 e. The molecule has 0 spiro atoms. The fourth-order valence-electron chi connectivity index (χ4n) is 0.964. The molecule has 0 N–H and O–H groups in total. The summed E-state index contributed by atoms with van der Waals surface area (Å²) in [6.45, 7) is 3.06. The lowest BCUT2D eigenvalue weighted by Gasteiger charge is -2.11. The molecule has 0 saturated carbocycles. The van der Waals surface area contributed by atoms with Crippen molar-refractivity contribution >= 4 is 17.6 Å². The van der Waals surface area contributed by atoms with E-state index in [9.17, 15) is 0 Å². The lowest BCUT2D eigenvalue weighted by Crippen LogP contribution is -2.17. The lowest BCUT2D eigenvalue weighted by atomic mass is 10.4. The third kappa shape index (κ3) is 2.14. The molecule has 0 saturated heterocycles. The summed E-state index contributed by atoms with van der Waals surface area (Å²) in [5, 5.41) is 0. The van der Waals surface area contributed by atoms with Crippen molar-refractivity contribution in [3.05, 3.63) is 12.0 Å². The Morgan fingerprint density at radius 3 is 2.92 bits per heavy atom. The van der Waals surface area contributed by atoms with E-state index < -0.39 is 0 Å². The maximum atomic E-state index is 5.58. The Balaban J connectivity index is 2.61. The van der Waals surface area contributed by atoms with Crippen LogP contribution in [0.3, 0.4) is 0 Å². The molecule has 1 aromatic heterocycles. The van der Waals surface area contributed by atoms with Crippen molar-refractivity contribution in [3.8, 4) is 0 Å². The first-order valence-electron chi connectivity index (χ1n) is 3.99. The van der Waals surface area contributed by atoms with Crippen molar-refractivity contribution in [1.82, 2.24) is 4.98 Å². The van der Waals surface area contributed by atoms with Gasteiger partial charge < -0.3 is 9.32 Å². The van der Waals surface area contributed by atoms with Crippen LogP contribution < -0.4 is 4.90 Å². The molecular weight excluding hydrogens is 176 g/mol. The Hall–Kier alpha value is -0.700. The predicted octanol–water partition coefficient (Wildman–Crippen LogP) is 2.26. The number of oxazole rings is 1. The zero-order chi connectivity index (χ0) is 8.97. The third-order valence-corrected chi connectivity index (χ3v) is 1.84. The van der Waals surface area contributed by atoms with Gasteiger partial charge in [-0.15, -0.1) is 11.6 Å². The van der Waals surface area contributed by atoms with Gasteiger partial charge in [0.1, 0.15) is 6.26 Å². The number of aromatic nitrogens is 1. The van der Waals surface area contributed by atoms with Gasteiger partial charge in [0.2, 0.25) is 0 Å². The third-order valence-electron chi connectivity index (χ3n) is 1.56. The Bertz CT molecular complexity index is 237. The Kier molecular flexibility index (Phi) is 3.41. The van der Waals surface area contributed by atoms with E-state index in [1.807, 2.05) is 11.9 Å². The van der Waals surface area contributed by atoms with Crippen LogP contribution in [0.2, 0.25) is 0 Å². The van der Waals surface area contributed by atoms with Crippen LogP contribution in [0.5, 0.6) is 0 Å². The van der Waals surface area contributed by atoms with Gasteiger partial charge in [-0.2, -0.15) is 4.98 Å². The van der Waals surface area contributed by atoms with E-state index in [2.05, 4.69) is 11.9 Å². The predicted molar refractivity (Wildman–Crippen MR) is 49.6 cm³/mol. The van der Waals surface area contributed by atoms with E-state index in [0.717, 1.165) is 18.7 Å². The van der Waals surface area contributed by atoms with Gasteiger partial charge in [-0.05, 0) is 6.42 Å². The molecule has 4 heteroatoms. The Morgan fingerprint density at radius 1 is 1.67 bits per heavy atom. The summed E-state index contributed by atoms with van der Waals surface area (Å²) in [7, 11) is 1.95. The Labute approximate surface area is 77.3 Å². The van der Waals surface area contributed by atoms with E-state index in [0.29, 0.717) is 11.9 Å². The van der Waals surface area contributed by atoms with Gasteiger partial charge in [-0.3, -0.25) is 0 Å². The quantitative estimate of drug-likeness (QED) is 0.679. The highest BCUT2D eigenvalue weighted by atomic mass is 35.5. The standard InChI is InChI=1S/C8H13ClN2O/c1-3-4-11(2)8-10-7(5-9)6-12-8/h6H,3-5H2,1-2H3. The second-order valence-electron chi connectivity index (χ2n) is 2.68. The zero-order valence-corrected chi connectivity index (χ0v) is 8.14. The zero-order valence-electron chi connectivity index (χ0n) is 7.38. The number of nitrogens with zero attached hydrogens (tertiary/aromatic N) is 2. The molecule has 12 heavy (non-hydrogen) atoms. The first kappa shape index (κ1) is 9.39. The monoisotopic (exact) mass is 188 g/mol. The van der Waals surface area contributed by atoms with Crippen molar-refractivity contribution in [2.24, 2.45) is 0 Å². The van der Waals surface area contributed by atoms with Crippen LogP contribution in [0.1, 0.15) is 19.0 Å². The van der Waals surface area contributed by atoms with Gasteiger partial charge in [0, 0.05) is 13.6 Å². The summed E-state index contributed by atoms with van der Waals surface area (Å²) < 4.78 is 5.20. The fraction of sp³-hybridized carbons (Fsp3) is 0.625. The van der Waals surface area contributed by atoms with E-state index in [1.165, 1.54) is 0 Å². The molecule has 68 valence electrons. The minimum atomic E-state index is 0.406. The van der Waals surface area contributed by atoms with Crippen LogP contribution in [0.15, 0.2) is 10.7 Å². The SMILES string of the molecule is CCCN(C)c1nc(CCl)co1. The number of hydrogen-bond acceptors (Lipinski definition) is 3. The topological polar surface area (TPSA) is 29.3 Å². The molecule has 0 fully saturated rings. The fourth-order valence-corrected chi connectivity index (χ4v) is 1.09. The molecule has 3 nitrogen and oxygen atoms in total. The van der Waals surface area contributed by atoms with E-state index >= 15 is 0 Å². The molecule has 0 unspecified atom stereocenters. The average Bonchev–Trinajstić information content (AvgIpc) is 2.52. The molecule has 0 amide bonds. The van der Waals surface area contributed by atoms with E-state index in [4.69, 9.17) is 16.0 Å². The molecular formula is C8H13ClN2O. The van der Waals surface area contributed by atoms with Crippen LogP contribution in [0.4, 0.5) is 6.01 Å². The normalized spacial score (nSPS) is 10.2. The molecule has 0 aliphatic heterocycles. The minimum Gasteiger partial charge on any atom is -0.432 e. The van der Waals surface area contributed by atoms with E-state index in [1.54, 1.807) is 6.26 Å². The molecule has 0 aliphatic carbocycles. The molecule has 0 aromatic carbocycles.